The van der Waals surface area contributed by atoms with Gasteiger partial charge in [0.15, 0.2) is 6.61 Å². The molecule has 2 N–H and O–H groups in total. The number of fused-ring (bicyclic) bond motifs is 2. The van der Waals surface area contributed by atoms with Gasteiger partial charge in [-0.05, 0) is 29.8 Å². The Hall–Kier alpha value is -3.39. The molecule has 0 bridgehead atoms. The van der Waals surface area contributed by atoms with Gasteiger partial charge in [0.1, 0.15) is 5.75 Å². The number of rotatable bonds is 3. The van der Waals surface area contributed by atoms with Crippen LogP contribution in [0.2, 0.25) is 0 Å². The third-order valence-electron chi connectivity index (χ3n) is 4.29. The van der Waals surface area contributed by atoms with Gasteiger partial charge in [-0.2, -0.15) is 5.10 Å². The van der Waals surface area contributed by atoms with Crippen molar-refractivity contribution in [2.24, 2.45) is 7.05 Å². The maximum atomic E-state index is 12.4. The molecule has 132 valence electrons. The number of hydroxylamine groups is 1. The number of carbonyl (C=O) groups excluding carboxylic acids is 2. The standard InChI is InChI=1S/C18H16N4O4/c1-21-9-13-3-2-11(6-14(13)19-21)8-22-15-7-12(18(24)20-25)4-5-16(15)26-10-17(22)23/h2-7,9,25H,8,10H2,1H3,(H,20,24). The third-order valence-corrected chi connectivity index (χ3v) is 4.29. The van der Waals surface area contributed by atoms with E-state index in [-0.39, 0.29) is 18.1 Å². The number of benzene rings is 2. The lowest BCUT2D eigenvalue weighted by molar-refractivity contribution is -0.121. The van der Waals surface area contributed by atoms with Crippen molar-refractivity contribution < 1.29 is 19.5 Å². The van der Waals surface area contributed by atoms with Crippen LogP contribution in [0.15, 0.2) is 42.6 Å². The highest BCUT2D eigenvalue weighted by molar-refractivity contribution is 6.01. The predicted molar refractivity (Wildman–Crippen MR) is 93.1 cm³/mol. The van der Waals surface area contributed by atoms with Crippen LogP contribution in [0, 0.1) is 0 Å². The van der Waals surface area contributed by atoms with Gasteiger partial charge >= 0.3 is 0 Å². The summed E-state index contributed by atoms with van der Waals surface area (Å²) < 4.78 is 7.18. The minimum Gasteiger partial charge on any atom is -0.482 e. The van der Waals surface area contributed by atoms with Crippen molar-refractivity contribution >= 4 is 28.4 Å². The number of nitrogens with zero attached hydrogens (tertiary/aromatic N) is 3. The van der Waals surface area contributed by atoms with Crippen molar-refractivity contribution in [3.05, 3.63) is 53.7 Å². The molecule has 3 aromatic rings. The van der Waals surface area contributed by atoms with E-state index in [1.165, 1.54) is 12.1 Å². The predicted octanol–water partition coefficient (Wildman–Crippen LogP) is 1.62. The van der Waals surface area contributed by atoms with Crippen molar-refractivity contribution in [3.63, 3.8) is 0 Å². The SMILES string of the molecule is Cn1cc2ccc(CN3C(=O)COc4ccc(C(=O)NO)cc43)cc2n1. The van der Waals surface area contributed by atoms with Gasteiger partial charge in [-0.25, -0.2) is 5.48 Å². The molecule has 2 amide bonds. The molecule has 0 atom stereocenters. The maximum Gasteiger partial charge on any atom is 0.274 e. The first-order valence-electron chi connectivity index (χ1n) is 7.99. The zero-order valence-corrected chi connectivity index (χ0v) is 14.0. The number of hydrogen-bond donors (Lipinski definition) is 2. The van der Waals surface area contributed by atoms with Crippen molar-refractivity contribution in [1.82, 2.24) is 15.3 Å². The Morgan fingerprint density at radius 1 is 1.31 bits per heavy atom. The number of ether oxygens (including phenoxy) is 1. The second-order valence-electron chi connectivity index (χ2n) is 6.09. The number of carbonyl (C=O) groups is 2. The van der Waals surface area contributed by atoms with Gasteiger partial charge in [0.05, 0.1) is 17.7 Å². The highest BCUT2D eigenvalue weighted by atomic mass is 16.5. The monoisotopic (exact) mass is 352 g/mol. The molecule has 0 radical (unpaired) electrons. The molecule has 0 unspecified atom stereocenters. The lowest BCUT2D eigenvalue weighted by Crippen LogP contribution is -2.38. The fraction of sp³-hybridized carbons (Fsp3) is 0.167. The van der Waals surface area contributed by atoms with Crippen molar-refractivity contribution in [3.8, 4) is 5.75 Å². The van der Waals surface area contributed by atoms with Gasteiger partial charge in [-0.3, -0.25) is 19.5 Å². The summed E-state index contributed by atoms with van der Waals surface area (Å²) in [6.07, 6.45) is 1.92. The molecule has 1 aromatic heterocycles. The van der Waals surface area contributed by atoms with Gasteiger partial charge < -0.3 is 9.64 Å². The lowest BCUT2D eigenvalue weighted by atomic mass is 10.1. The number of anilines is 1. The molecule has 1 aliphatic heterocycles. The van der Waals surface area contributed by atoms with Crippen LogP contribution in [-0.4, -0.2) is 33.4 Å². The minimum absolute atomic E-state index is 0.0651. The molecule has 4 rings (SSSR count). The first-order chi connectivity index (χ1) is 12.5. The summed E-state index contributed by atoms with van der Waals surface area (Å²) >= 11 is 0. The molecule has 0 spiro atoms. The number of aromatic nitrogens is 2. The van der Waals surface area contributed by atoms with E-state index < -0.39 is 5.91 Å². The molecular formula is C18H16N4O4. The van der Waals surface area contributed by atoms with Gasteiger partial charge in [0.2, 0.25) is 0 Å². The zero-order chi connectivity index (χ0) is 18.3. The summed E-state index contributed by atoms with van der Waals surface area (Å²) in [6.45, 7) is 0.260. The molecule has 2 heterocycles. The maximum absolute atomic E-state index is 12.4. The Balaban J connectivity index is 1.71. The van der Waals surface area contributed by atoms with Crippen molar-refractivity contribution in [2.45, 2.75) is 6.54 Å². The molecule has 2 aromatic carbocycles. The topological polar surface area (TPSA) is 96.7 Å². The van der Waals surface area contributed by atoms with Crippen LogP contribution in [0.1, 0.15) is 15.9 Å². The molecule has 1 aliphatic rings. The van der Waals surface area contributed by atoms with Crippen LogP contribution in [0.3, 0.4) is 0 Å². The Bertz CT molecular complexity index is 1030. The normalized spacial score (nSPS) is 13.5. The van der Waals surface area contributed by atoms with E-state index in [2.05, 4.69) is 5.10 Å². The van der Waals surface area contributed by atoms with Crippen LogP contribution in [0.5, 0.6) is 5.75 Å². The largest absolute Gasteiger partial charge is 0.482 e. The second kappa shape index (κ2) is 6.16. The molecule has 8 nitrogen and oxygen atoms in total. The molecule has 0 saturated heterocycles. The summed E-state index contributed by atoms with van der Waals surface area (Å²) in [5, 5.41) is 14.2. The average molecular weight is 352 g/mol. The van der Waals surface area contributed by atoms with Gasteiger partial charge in [0, 0.05) is 24.2 Å². The van der Waals surface area contributed by atoms with E-state index in [1.54, 1.807) is 21.1 Å². The van der Waals surface area contributed by atoms with E-state index in [1.807, 2.05) is 31.4 Å². The van der Waals surface area contributed by atoms with Gasteiger partial charge in [0.25, 0.3) is 11.8 Å². The highest BCUT2D eigenvalue weighted by Crippen LogP contribution is 2.34. The summed E-state index contributed by atoms with van der Waals surface area (Å²) in [6, 6.07) is 10.5. The highest BCUT2D eigenvalue weighted by Gasteiger charge is 2.26. The average Bonchev–Trinajstić information content (AvgIpc) is 3.02. The first kappa shape index (κ1) is 16.1. The molecular weight excluding hydrogens is 336 g/mol. The van der Waals surface area contributed by atoms with E-state index in [4.69, 9.17) is 9.94 Å². The quantitative estimate of drug-likeness (QED) is 0.551. The fourth-order valence-corrected chi connectivity index (χ4v) is 3.05. The summed E-state index contributed by atoms with van der Waals surface area (Å²) in [4.78, 5) is 25.7. The van der Waals surface area contributed by atoms with Crippen LogP contribution >= 0.6 is 0 Å². The van der Waals surface area contributed by atoms with E-state index in [0.29, 0.717) is 18.0 Å². The third kappa shape index (κ3) is 2.76. The Kier molecular flexibility index (Phi) is 3.81. The molecule has 26 heavy (non-hydrogen) atoms. The molecule has 0 aliphatic carbocycles. The minimum atomic E-state index is -0.652. The van der Waals surface area contributed by atoms with Gasteiger partial charge in [-0.15, -0.1) is 0 Å². The number of aryl methyl sites for hydroxylation is 1. The summed E-state index contributed by atoms with van der Waals surface area (Å²) in [5.41, 5.74) is 4.07. The van der Waals surface area contributed by atoms with Crippen molar-refractivity contribution in [2.75, 3.05) is 11.5 Å². The Morgan fingerprint density at radius 3 is 2.96 bits per heavy atom. The Morgan fingerprint density at radius 2 is 2.15 bits per heavy atom. The Labute approximate surface area is 148 Å². The molecule has 0 saturated carbocycles. The second-order valence-corrected chi connectivity index (χ2v) is 6.09. The lowest BCUT2D eigenvalue weighted by Gasteiger charge is -2.29. The number of nitrogens with one attached hydrogen (secondary N) is 1. The van der Waals surface area contributed by atoms with E-state index in [9.17, 15) is 9.59 Å². The van der Waals surface area contributed by atoms with Gasteiger partial charge in [-0.1, -0.05) is 12.1 Å². The number of amides is 2. The van der Waals surface area contributed by atoms with E-state index in [0.717, 1.165) is 16.5 Å². The van der Waals surface area contributed by atoms with E-state index >= 15 is 0 Å². The van der Waals surface area contributed by atoms with Crippen LogP contribution < -0.4 is 15.1 Å². The molecule has 8 heteroatoms. The fourth-order valence-electron chi connectivity index (χ4n) is 3.05. The summed E-state index contributed by atoms with van der Waals surface area (Å²) in [5.74, 6) is -0.348. The molecule has 0 fully saturated rings. The van der Waals surface area contributed by atoms with Crippen LogP contribution in [0.25, 0.3) is 10.9 Å². The van der Waals surface area contributed by atoms with Crippen molar-refractivity contribution in [1.29, 1.82) is 0 Å². The summed E-state index contributed by atoms with van der Waals surface area (Å²) in [7, 11) is 1.86. The number of hydrogen-bond acceptors (Lipinski definition) is 5. The first-order valence-corrected chi connectivity index (χ1v) is 7.99. The van der Waals surface area contributed by atoms with Crippen LogP contribution in [0.4, 0.5) is 5.69 Å². The zero-order valence-electron chi connectivity index (χ0n) is 14.0. The van der Waals surface area contributed by atoms with Crippen LogP contribution in [-0.2, 0) is 18.4 Å². The smallest absolute Gasteiger partial charge is 0.274 e.